The predicted molar refractivity (Wildman–Crippen MR) is 60.0 cm³/mol. The second-order valence-electron chi connectivity index (χ2n) is 3.29. The highest BCUT2D eigenvalue weighted by atomic mass is 16.3. The molecule has 0 aliphatic heterocycles. The summed E-state index contributed by atoms with van der Waals surface area (Å²) in [6.07, 6.45) is 1.58. The Bertz CT molecular complexity index is 454. The zero-order valence-electron chi connectivity index (χ0n) is 8.22. The Labute approximate surface area is 88.2 Å². The van der Waals surface area contributed by atoms with Gasteiger partial charge in [-0.05, 0) is 6.07 Å². The zero-order chi connectivity index (χ0) is 10.7. The van der Waals surface area contributed by atoms with Gasteiger partial charge in [0.1, 0.15) is 0 Å². The zero-order valence-corrected chi connectivity index (χ0v) is 8.22. The molecule has 1 aromatic carbocycles. The first-order valence-electron chi connectivity index (χ1n) is 4.72. The van der Waals surface area contributed by atoms with Crippen molar-refractivity contribution in [2.75, 3.05) is 5.73 Å². The third kappa shape index (κ3) is 1.97. The maximum absolute atomic E-state index is 9.08. The number of aliphatic hydroxyl groups excluding tert-OH is 1. The lowest BCUT2D eigenvalue weighted by atomic mass is 10.1. The number of pyridine rings is 1. The number of aliphatic hydroxyl groups is 1. The number of aromatic nitrogens is 1. The first kappa shape index (κ1) is 9.68. The third-order valence-corrected chi connectivity index (χ3v) is 2.26. The number of nitrogens with two attached hydrogens (primary N) is 1. The first-order valence-corrected chi connectivity index (χ1v) is 4.72. The maximum atomic E-state index is 9.08. The third-order valence-electron chi connectivity index (χ3n) is 2.26. The van der Waals surface area contributed by atoms with E-state index in [0.29, 0.717) is 11.3 Å². The number of nitrogen functional groups attached to an aromatic ring is 1. The van der Waals surface area contributed by atoms with Gasteiger partial charge in [-0.25, -0.2) is 0 Å². The van der Waals surface area contributed by atoms with E-state index < -0.39 is 0 Å². The van der Waals surface area contributed by atoms with E-state index in [-0.39, 0.29) is 6.61 Å². The van der Waals surface area contributed by atoms with E-state index >= 15 is 0 Å². The summed E-state index contributed by atoms with van der Waals surface area (Å²) in [5, 5.41) is 9.08. The molecule has 2 rings (SSSR count). The number of hydrogen-bond donors (Lipinski definition) is 2. The van der Waals surface area contributed by atoms with Crippen molar-refractivity contribution in [1.29, 1.82) is 0 Å². The molecule has 1 aromatic heterocycles. The highest BCUT2D eigenvalue weighted by molar-refractivity contribution is 5.62. The van der Waals surface area contributed by atoms with E-state index in [2.05, 4.69) is 4.98 Å². The van der Waals surface area contributed by atoms with Crippen molar-refractivity contribution in [2.45, 2.75) is 6.61 Å². The minimum atomic E-state index is -0.0613. The lowest BCUT2D eigenvalue weighted by Crippen LogP contribution is -1.96. The molecule has 3 heteroatoms. The van der Waals surface area contributed by atoms with Gasteiger partial charge in [-0.1, -0.05) is 30.3 Å². The summed E-state index contributed by atoms with van der Waals surface area (Å²) < 4.78 is 0. The summed E-state index contributed by atoms with van der Waals surface area (Å²) in [5.74, 6) is 0. The average molecular weight is 200 g/mol. The Hall–Kier alpha value is -1.87. The molecule has 0 bridgehead atoms. The van der Waals surface area contributed by atoms with Crippen LogP contribution in [0.25, 0.3) is 11.3 Å². The van der Waals surface area contributed by atoms with Crippen LogP contribution in [-0.4, -0.2) is 10.1 Å². The van der Waals surface area contributed by atoms with Gasteiger partial charge in [0.15, 0.2) is 0 Å². The van der Waals surface area contributed by atoms with Gasteiger partial charge in [0.2, 0.25) is 0 Å². The summed E-state index contributed by atoms with van der Waals surface area (Å²) >= 11 is 0. The van der Waals surface area contributed by atoms with E-state index in [9.17, 15) is 0 Å². The number of rotatable bonds is 2. The molecule has 0 saturated carbocycles. The van der Waals surface area contributed by atoms with E-state index in [4.69, 9.17) is 10.8 Å². The summed E-state index contributed by atoms with van der Waals surface area (Å²) in [5.41, 5.74) is 8.74. The lowest BCUT2D eigenvalue weighted by molar-refractivity contribution is 0.282. The normalized spacial score (nSPS) is 10.2. The predicted octanol–water partition coefficient (Wildman–Crippen LogP) is 1.82. The van der Waals surface area contributed by atoms with Crippen molar-refractivity contribution in [1.82, 2.24) is 4.98 Å². The highest BCUT2D eigenvalue weighted by Crippen LogP contribution is 2.20. The van der Waals surface area contributed by atoms with Crippen LogP contribution in [0.4, 0.5) is 5.69 Å². The molecule has 0 atom stereocenters. The van der Waals surface area contributed by atoms with Crippen molar-refractivity contribution in [3.63, 3.8) is 0 Å². The standard InChI is InChI=1S/C12H12N2O/c13-11-7-14-12(6-10(11)8-15)9-4-2-1-3-5-9/h1-7,15H,8,13H2. The van der Waals surface area contributed by atoms with Crippen LogP contribution in [-0.2, 0) is 6.61 Å². The van der Waals surface area contributed by atoms with Gasteiger partial charge >= 0.3 is 0 Å². The smallest absolute Gasteiger partial charge is 0.0707 e. The first-order chi connectivity index (χ1) is 7.31. The Morgan fingerprint density at radius 1 is 1.20 bits per heavy atom. The van der Waals surface area contributed by atoms with Gasteiger partial charge in [0.05, 0.1) is 24.2 Å². The minimum absolute atomic E-state index is 0.0613. The van der Waals surface area contributed by atoms with Gasteiger partial charge in [-0.3, -0.25) is 4.98 Å². The average Bonchev–Trinajstić information content (AvgIpc) is 2.31. The molecule has 3 nitrogen and oxygen atoms in total. The Morgan fingerprint density at radius 3 is 2.60 bits per heavy atom. The quantitative estimate of drug-likeness (QED) is 0.777. The molecule has 15 heavy (non-hydrogen) atoms. The topological polar surface area (TPSA) is 59.1 Å². The molecule has 0 saturated heterocycles. The van der Waals surface area contributed by atoms with Crippen LogP contribution in [0, 0.1) is 0 Å². The monoisotopic (exact) mass is 200 g/mol. The number of benzene rings is 1. The van der Waals surface area contributed by atoms with Gasteiger partial charge in [0, 0.05) is 11.1 Å². The summed E-state index contributed by atoms with van der Waals surface area (Å²) in [4.78, 5) is 4.22. The molecular weight excluding hydrogens is 188 g/mol. The summed E-state index contributed by atoms with van der Waals surface area (Å²) in [7, 11) is 0. The molecular formula is C12H12N2O. The van der Waals surface area contributed by atoms with Gasteiger partial charge in [-0.2, -0.15) is 0 Å². The molecule has 1 heterocycles. The van der Waals surface area contributed by atoms with Crippen LogP contribution in [0.1, 0.15) is 5.56 Å². The molecule has 0 spiro atoms. The highest BCUT2D eigenvalue weighted by Gasteiger charge is 2.02. The number of nitrogens with zero attached hydrogens (tertiary/aromatic N) is 1. The molecule has 0 radical (unpaired) electrons. The van der Waals surface area contributed by atoms with Crippen LogP contribution in [0.3, 0.4) is 0 Å². The van der Waals surface area contributed by atoms with E-state index in [1.807, 2.05) is 36.4 Å². The fourth-order valence-corrected chi connectivity index (χ4v) is 1.41. The molecule has 0 fully saturated rings. The number of anilines is 1. The van der Waals surface area contributed by atoms with Crippen molar-refractivity contribution in [3.8, 4) is 11.3 Å². The Kier molecular flexibility index (Phi) is 2.65. The van der Waals surface area contributed by atoms with Crippen molar-refractivity contribution in [3.05, 3.63) is 48.2 Å². The molecule has 0 amide bonds. The van der Waals surface area contributed by atoms with E-state index in [1.165, 1.54) is 0 Å². The van der Waals surface area contributed by atoms with Crippen LogP contribution < -0.4 is 5.73 Å². The minimum Gasteiger partial charge on any atom is -0.397 e. The second-order valence-corrected chi connectivity index (χ2v) is 3.29. The fourth-order valence-electron chi connectivity index (χ4n) is 1.41. The summed E-state index contributed by atoms with van der Waals surface area (Å²) in [6, 6.07) is 11.6. The second kappa shape index (κ2) is 4.11. The van der Waals surface area contributed by atoms with Gasteiger partial charge in [0.25, 0.3) is 0 Å². The number of hydrogen-bond acceptors (Lipinski definition) is 3. The molecule has 3 N–H and O–H groups in total. The van der Waals surface area contributed by atoms with Crippen LogP contribution >= 0.6 is 0 Å². The van der Waals surface area contributed by atoms with E-state index in [1.54, 1.807) is 6.20 Å². The SMILES string of the molecule is Nc1cnc(-c2ccccc2)cc1CO. The van der Waals surface area contributed by atoms with Crippen LogP contribution in [0.15, 0.2) is 42.6 Å². The van der Waals surface area contributed by atoms with Gasteiger partial charge < -0.3 is 10.8 Å². The Morgan fingerprint density at radius 2 is 1.93 bits per heavy atom. The van der Waals surface area contributed by atoms with E-state index in [0.717, 1.165) is 11.3 Å². The Balaban J connectivity index is 2.46. The molecule has 2 aromatic rings. The fraction of sp³-hybridized carbons (Fsp3) is 0.0833. The molecule has 0 aliphatic rings. The van der Waals surface area contributed by atoms with Crippen molar-refractivity contribution >= 4 is 5.69 Å². The molecule has 0 aliphatic carbocycles. The molecule has 0 unspecified atom stereocenters. The molecule has 76 valence electrons. The summed E-state index contributed by atoms with van der Waals surface area (Å²) in [6.45, 7) is -0.0613. The lowest BCUT2D eigenvalue weighted by Gasteiger charge is -2.05. The van der Waals surface area contributed by atoms with Crippen molar-refractivity contribution in [2.24, 2.45) is 0 Å². The van der Waals surface area contributed by atoms with Crippen molar-refractivity contribution < 1.29 is 5.11 Å². The van der Waals surface area contributed by atoms with Crippen LogP contribution in [0.2, 0.25) is 0 Å². The van der Waals surface area contributed by atoms with Crippen LogP contribution in [0.5, 0.6) is 0 Å². The maximum Gasteiger partial charge on any atom is 0.0707 e. The van der Waals surface area contributed by atoms with Gasteiger partial charge in [-0.15, -0.1) is 0 Å². The largest absolute Gasteiger partial charge is 0.397 e.